The highest BCUT2D eigenvalue weighted by molar-refractivity contribution is 5.92. The monoisotopic (exact) mass is 212 g/mol. The van der Waals surface area contributed by atoms with Crippen LogP contribution in [-0.2, 0) is 4.74 Å². The average Bonchev–Trinajstić information content (AvgIpc) is 2.64. The van der Waals surface area contributed by atoms with E-state index in [1.54, 1.807) is 7.11 Å². The molecule has 15 heavy (non-hydrogen) atoms. The number of nitrogens with two attached hydrogens (primary N) is 1. The van der Waals surface area contributed by atoms with E-state index in [9.17, 15) is 4.79 Å². The zero-order valence-electron chi connectivity index (χ0n) is 8.75. The van der Waals surface area contributed by atoms with E-state index in [0.29, 0.717) is 24.7 Å². The van der Waals surface area contributed by atoms with Gasteiger partial charge in [0, 0.05) is 26.3 Å². The van der Waals surface area contributed by atoms with Crippen LogP contribution in [0, 0.1) is 0 Å². The van der Waals surface area contributed by atoms with Gasteiger partial charge < -0.3 is 15.8 Å². The number of nitrogens with one attached hydrogen (secondary N) is 2. The van der Waals surface area contributed by atoms with Crippen molar-refractivity contribution in [2.45, 2.75) is 12.8 Å². The number of carbonyl (C=O) groups is 1. The fourth-order valence-corrected chi connectivity index (χ4v) is 1.12. The second-order valence-corrected chi connectivity index (χ2v) is 3.16. The molecule has 0 aliphatic rings. The molecular formula is C9H16N4O2. The van der Waals surface area contributed by atoms with E-state index in [-0.39, 0.29) is 5.91 Å². The van der Waals surface area contributed by atoms with Gasteiger partial charge in [0.2, 0.25) is 0 Å². The molecule has 4 N–H and O–H groups in total. The summed E-state index contributed by atoms with van der Waals surface area (Å²) in [5, 5.41) is 8.96. The summed E-state index contributed by atoms with van der Waals surface area (Å²) in [4.78, 5) is 11.4. The molecule has 6 heteroatoms. The Hall–Kier alpha value is -1.56. The fourth-order valence-electron chi connectivity index (χ4n) is 1.12. The highest BCUT2D eigenvalue weighted by Crippen LogP contribution is 1.99. The van der Waals surface area contributed by atoms with Gasteiger partial charge in [-0.15, -0.1) is 0 Å². The minimum Gasteiger partial charge on any atom is -0.385 e. The van der Waals surface area contributed by atoms with Crippen LogP contribution in [0.1, 0.15) is 23.3 Å². The van der Waals surface area contributed by atoms with Gasteiger partial charge in [-0.1, -0.05) is 0 Å². The van der Waals surface area contributed by atoms with Crippen molar-refractivity contribution >= 4 is 11.7 Å². The SMILES string of the molecule is COCCCCNC(=O)c1cc(N)n[nH]1. The molecule has 0 fully saturated rings. The maximum atomic E-state index is 11.4. The molecule has 0 radical (unpaired) electrons. The van der Waals surface area contributed by atoms with E-state index in [1.807, 2.05) is 0 Å². The summed E-state index contributed by atoms with van der Waals surface area (Å²) in [6.07, 6.45) is 1.82. The van der Waals surface area contributed by atoms with Crippen molar-refractivity contribution in [3.8, 4) is 0 Å². The average molecular weight is 212 g/mol. The molecule has 6 nitrogen and oxygen atoms in total. The number of aromatic nitrogens is 2. The molecule has 0 spiro atoms. The zero-order chi connectivity index (χ0) is 11.1. The lowest BCUT2D eigenvalue weighted by molar-refractivity contribution is 0.0946. The van der Waals surface area contributed by atoms with Gasteiger partial charge in [0.05, 0.1) is 0 Å². The Bertz CT molecular complexity index is 311. The van der Waals surface area contributed by atoms with Crippen LogP contribution in [0.4, 0.5) is 5.82 Å². The highest BCUT2D eigenvalue weighted by Gasteiger charge is 2.06. The molecule has 1 aromatic rings. The molecule has 0 saturated carbocycles. The summed E-state index contributed by atoms with van der Waals surface area (Å²) in [6, 6.07) is 1.50. The first-order valence-corrected chi connectivity index (χ1v) is 4.82. The van der Waals surface area contributed by atoms with Crippen LogP contribution in [0.15, 0.2) is 6.07 Å². The van der Waals surface area contributed by atoms with Gasteiger partial charge in [-0.25, -0.2) is 0 Å². The quantitative estimate of drug-likeness (QED) is 0.585. The van der Waals surface area contributed by atoms with E-state index in [1.165, 1.54) is 6.07 Å². The molecule has 0 saturated heterocycles. The summed E-state index contributed by atoms with van der Waals surface area (Å²) in [5.74, 6) is 0.135. The molecule has 1 amide bonds. The number of unbranched alkanes of at least 4 members (excludes halogenated alkanes) is 1. The number of rotatable bonds is 6. The smallest absolute Gasteiger partial charge is 0.269 e. The van der Waals surface area contributed by atoms with Gasteiger partial charge in [-0.3, -0.25) is 9.89 Å². The van der Waals surface area contributed by atoms with Crippen molar-refractivity contribution in [3.05, 3.63) is 11.8 Å². The number of ether oxygens (including phenoxy) is 1. The highest BCUT2D eigenvalue weighted by atomic mass is 16.5. The Balaban J connectivity index is 2.19. The Morgan fingerprint density at radius 2 is 2.47 bits per heavy atom. The molecule has 0 unspecified atom stereocenters. The standard InChI is InChI=1S/C9H16N4O2/c1-15-5-3-2-4-11-9(14)7-6-8(10)13-12-7/h6H,2-5H2,1H3,(H,11,14)(H3,10,12,13). The Kier molecular flexibility index (Phi) is 4.62. The normalized spacial score (nSPS) is 10.2. The molecule has 0 aliphatic carbocycles. The van der Waals surface area contributed by atoms with Gasteiger partial charge in [0.15, 0.2) is 0 Å². The molecule has 0 bridgehead atoms. The van der Waals surface area contributed by atoms with Gasteiger partial charge in [0.1, 0.15) is 11.5 Å². The molecule has 0 atom stereocenters. The molecule has 0 aliphatic heterocycles. The van der Waals surface area contributed by atoms with Gasteiger partial charge >= 0.3 is 0 Å². The number of anilines is 1. The Labute approximate surface area is 88.2 Å². The third-order valence-electron chi connectivity index (χ3n) is 1.90. The minimum absolute atomic E-state index is 0.184. The van der Waals surface area contributed by atoms with Gasteiger partial charge in [-0.2, -0.15) is 5.10 Å². The largest absolute Gasteiger partial charge is 0.385 e. The van der Waals surface area contributed by atoms with E-state index >= 15 is 0 Å². The van der Waals surface area contributed by atoms with E-state index in [0.717, 1.165) is 12.8 Å². The van der Waals surface area contributed by atoms with Crippen LogP contribution in [0.3, 0.4) is 0 Å². The second-order valence-electron chi connectivity index (χ2n) is 3.16. The van der Waals surface area contributed by atoms with Gasteiger partial charge in [-0.05, 0) is 12.8 Å². The first-order chi connectivity index (χ1) is 7.24. The van der Waals surface area contributed by atoms with Crippen LogP contribution in [-0.4, -0.2) is 36.4 Å². The molecule has 0 aromatic carbocycles. The van der Waals surface area contributed by atoms with Crippen LogP contribution >= 0.6 is 0 Å². The molecular weight excluding hydrogens is 196 g/mol. The summed E-state index contributed by atoms with van der Waals surface area (Å²) < 4.78 is 4.89. The summed E-state index contributed by atoms with van der Waals surface area (Å²) in [5.41, 5.74) is 5.76. The topological polar surface area (TPSA) is 93.0 Å². The number of hydrogen-bond acceptors (Lipinski definition) is 4. The van der Waals surface area contributed by atoms with E-state index in [2.05, 4.69) is 15.5 Å². The number of aromatic amines is 1. The summed E-state index contributed by atoms with van der Waals surface area (Å²) >= 11 is 0. The number of hydrogen-bond donors (Lipinski definition) is 3. The van der Waals surface area contributed by atoms with Crippen molar-refractivity contribution in [1.82, 2.24) is 15.5 Å². The summed E-state index contributed by atoms with van der Waals surface area (Å²) in [6.45, 7) is 1.34. The Morgan fingerprint density at radius 1 is 1.67 bits per heavy atom. The molecule has 1 rings (SSSR count). The third-order valence-corrected chi connectivity index (χ3v) is 1.90. The van der Waals surface area contributed by atoms with E-state index < -0.39 is 0 Å². The number of H-pyrrole nitrogens is 1. The van der Waals surface area contributed by atoms with Crippen LogP contribution < -0.4 is 11.1 Å². The van der Waals surface area contributed by atoms with Crippen LogP contribution in [0.2, 0.25) is 0 Å². The first kappa shape index (κ1) is 11.5. The predicted octanol–water partition coefficient (Wildman–Crippen LogP) is 0.148. The fraction of sp³-hybridized carbons (Fsp3) is 0.556. The number of nitrogen functional groups attached to an aromatic ring is 1. The van der Waals surface area contributed by atoms with E-state index in [4.69, 9.17) is 10.5 Å². The molecule has 1 heterocycles. The molecule has 84 valence electrons. The second kappa shape index (κ2) is 6.02. The predicted molar refractivity (Wildman–Crippen MR) is 56.4 cm³/mol. The molecule has 1 aromatic heterocycles. The van der Waals surface area contributed by atoms with Crippen molar-refractivity contribution in [2.24, 2.45) is 0 Å². The summed E-state index contributed by atoms with van der Waals surface area (Å²) in [7, 11) is 1.66. The first-order valence-electron chi connectivity index (χ1n) is 4.82. The third kappa shape index (κ3) is 3.99. The number of nitrogens with zero attached hydrogens (tertiary/aromatic N) is 1. The van der Waals surface area contributed by atoms with Crippen molar-refractivity contribution in [2.75, 3.05) is 26.0 Å². The van der Waals surface area contributed by atoms with Crippen molar-refractivity contribution < 1.29 is 9.53 Å². The number of methoxy groups -OCH3 is 1. The van der Waals surface area contributed by atoms with Crippen molar-refractivity contribution in [1.29, 1.82) is 0 Å². The van der Waals surface area contributed by atoms with Crippen LogP contribution in [0.5, 0.6) is 0 Å². The lowest BCUT2D eigenvalue weighted by atomic mass is 10.3. The lowest BCUT2D eigenvalue weighted by Gasteiger charge is -2.02. The minimum atomic E-state index is -0.184. The van der Waals surface area contributed by atoms with Crippen LogP contribution in [0.25, 0.3) is 0 Å². The Morgan fingerprint density at radius 3 is 3.07 bits per heavy atom. The maximum absolute atomic E-state index is 11.4. The lowest BCUT2D eigenvalue weighted by Crippen LogP contribution is -2.24. The van der Waals surface area contributed by atoms with Gasteiger partial charge in [0.25, 0.3) is 5.91 Å². The maximum Gasteiger partial charge on any atom is 0.269 e. The van der Waals surface area contributed by atoms with Crippen molar-refractivity contribution in [3.63, 3.8) is 0 Å². The zero-order valence-corrected chi connectivity index (χ0v) is 8.75. The number of amides is 1. The number of carbonyl (C=O) groups excluding carboxylic acids is 1.